The number of carbonyl (C=O) groups excluding carboxylic acids is 2. The zero-order valence-corrected chi connectivity index (χ0v) is 26.2. The first kappa shape index (κ1) is 32.9. The van der Waals surface area contributed by atoms with Crippen LogP contribution in [0.25, 0.3) is 0 Å². The normalized spacial score (nSPS) is 12.0. The van der Waals surface area contributed by atoms with E-state index in [0.717, 1.165) is 41.5 Å². The van der Waals surface area contributed by atoms with E-state index in [-0.39, 0.29) is 31.3 Å². The Morgan fingerprint density at radius 2 is 1.48 bits per heavy atom. The van der Waals surface area contributed by atoms with Crippen molar-refractivity contribution >= 4 is 27.5 Å². The minimum absolute atomic E-state index is 0.110. The zero-order valence-electron chi connectivity index (χ0n) is 25.4. The van der Waals surface area contributed by atoms with Crippen molar-refractivity contribution in [2.24, 2.45) is 0 Å². The second-order valence-corrected chi connectivity index (χ2v) is 12.7. The maximum absolute atomic E-state index is 13.9. The Morgan fingerprint density at radius 3 is 2.07 bits per heavy atom. The Bertz CT molecular complexity index is 1370. The van der Waals surface area contributed by atoms with E-state index in [9.17, 15) is 18.0 Å². The second kappa shape index (κ2) is 16.1. The Morgan fingerprint density at radius 1 is 0.833 bits per heavy atom. The summed E-state index contributed by atoms with van der Waals surface area (Å²) in [6.45, 7) is 7.13. The number of benzene rings is 3. The lowest BCUT2D eigenvalue weighted by atomic mass is 10.0. The summed E-state index contributed by atoms with van der Waals surface area (Å²) >= 11 is 0. The molecule has 226 valence electrons. The average molecular weight is 592 g/mol. The molecule has 3 rings (SSSR count). The van der Waals surface area contributed by atoms with Crippen molar-refractivity contribution in [1.82, 2.24) is 10.2 Å². The lowest BCUT2D eigenvalue weighted by Crippen LogP contribution is -2.50. The number of rotatable bonds is 16. The molecule has 0 saturated heterocycles. The van der Waals surface area contributed by atoms with Crippen LogP contribution in [-0.2, 0) is 39.0 Å². The van der Waals surface area contributed by atoms with Crippen LogP contribution in [0.5, 0.6) is 0 Å². The molecule has 0 fully saturated rings. The van der Waals surface area contributed by atoms with Gasteiger partial charge in [0.25, 0.3) is 0 Å². The van der Waals surface area contributed by atoms with Gasteiger partial charge in [0.2, 0.25) is 21.8 Å². The summed E-state index contributed by atoms with van der Waals surface area (Å²) in [5.74, 6) is -0.363. The molecular formula is C34H45N3O4S. The SMILES string of the molecule is CCCCNC(=O)[C@@H](Cc1ccccc1)N(Cc1ccc(C)cc1)C(=O)CCCN(c1ccc(CC)cc1)S(C)(=O)=O. The van der Waals surface area contributed by atoms with Gasteiger partial charge >= 0.3 is 0 Å². The molecule has 0 radical (unpaired) electrons. The molecule has 42 heavy (non-hydrogen) atoms. The van der Waals surface area contributed by atoms with Crippen molar-refractivity contribution in [3.8, 4) is 0 Å². The molecule has 0 aliphatic carbocycles. The van der Waals surface area contributed by atoms with Crippen LogP contribution in [0.15, 0.2) is 78.9 Å². The molecule has 0 aliphatic rings. The van der Waals surface area contributed by atoms with Crippen molar-refractivity contribution in [3.05, 3.63) is 101 Å². The predicted octanol–water partition coefficient (Wildman–Crippen LogP) is 5.66. The third-order valence-electron chi connectivity index (χ3n) is 7.36. The summed E-state index contributed by atoms with van der Waals surface area (Å²) in [7, 11) is -3.55. The van der Waals surface area contributed by atoms with Crippen LogP contribution in [0.4, 0.5) is 5.69 Å². The van der Waals surface area contributed by atoms with Gasteiger partial charge < -0.3 is 10.2 Å². The summed E-state index contributed by atoms with van der Waals surface area (Å²) in [5, 5.41) is 3.04. The zero-order chi connectivity index (χ0) is 30.5. The first-order valence-corrected chi connectivity index (χ1v) is 16.7. The van der Waals surface area contributed by atoms with Gasteiger partial charge in [-0.25, -0.2) is 8.42 Å². The quantitative estimate of drug-likeness (QED) is 0.218. The van der Waals surface area contributed by atoms with Crippen LogP contribution in [0.3, 0.4) is 0 Å². The van der Waals surface area contributed by atoms with E-state index in [2.05, 4.69) is 12.2 Å². The van der Waals surface area contributed by atoms with Gasteiger partial charge in [0.1, 0.15) is 6.04 Å². The third-order valence-corrected chi connectivity index (χ3v) is 8.55. The van der Waals surface area contributed by atoms with Gasteiger partial charge in [0.15, 0.2) is 0 Å². The maximum atomic E-state index is 13.9. The first-order valence-electron chi connectivity index (χ1n) is 14.9. The highest BCUT2D eigenvalue weighted by molar-refractivity contribution is 7.92. The molecule has 1 N–H and O–H groups in total. The molecule has 0 aromatic heterocycles. The third kappa shape index (κ3) is 10.0. The number of nitrogens with zero attached hydrogens (tertiary/aromatic N) is 2. The summed E-state index contributed by atoms with van der Waals surface area (Å²) in [6.07, 6.45) is 4.67. The van der Waals surface area contributed by atoms with Crippen LogP contribution in [0.1, 0.15) is 61.8 Å². The van der Waals surface area contributed by atoms with Gasteiger partial charge in [-0.3, -0.25) is 13.9 Å². The molecule has 0 spiro atoms. The highest BCUT2D eigenvalue weighted by Gasteiger charge is 2.30. The molecule has 0 saturated carbocycles. The number of hydrogen-bond donors (Lipinski definition) is 1. The Labute approximate surface area is 252 Å². The van der Waals surface area contributed by atoms with Crippen molar-refractivity contribution < 1.29 is 18.0 Å². The van der Waals surface area contributed by atoms with Gasteiger partial charge in [-0.15, -0.1) is 0 Å². The summed E-state index contributed by atoms with van der Waals surface area (Å²) < 4.78 is 26.7. The van der Waals surface area contributed by atoms with E-state index in [4.69, 9.17) is 0 Å². The number of aryl methyl sites for hydroxylation is 2. The molecular weight excluding hydrogens is 546 g/mol. The molecule has 0 unspecified atom stereocenters. The second-order valence-electron chi connectivity index (χ2n) is 10.8. The molecule has 3 aromatic rings. The van der Waals surface area contributed by atoms with Crippen molar-refractivity contribution in [2.45, 2.75) is 71.9 Å². The highest BCUT2D eigenvalue weighted by atomic mass is 32.2. The highest BCUT2D eigenvalue weighted by Crippen LogP contribution is 2.21. The van der Waals surface area contributed by atoms with Crippen LogP contribution in [0.2, 0.25) is 0 Å². The molecule has 0 bridgehead atoms. The van der Waals surface area contributed by atoms with Gasteiger partial charge in [-0.2, -0.15) is 0 Å². The minimum atomic E-state index is -3.55. The first-order chi connectivity index (χ1) is 20.1. The van der Waals surface area contributed by atoms with Crippen molar-refractivity contribution in [2.75, 3.05) is 23.7 Å². The number of sulfonamides is 1. The number of unbranched alkanes of at least 4 members (excludes halogenated alkanes) is 1. The number of hydrogen-bond acceptors (Lipinski definition) is 4. The van der Waals surface area contributed by atoms with Crippen LogP contribution in [-0.4, -0.2) is 50.5 Å². The van der Waals surface area contributed by atoms with E-state index in [1.165, 1.54) is 10.6 Å². The number of carbonyl (C=O) groups is 2. The molecule has 0 aliphatic heterocycles. The van der Waals surface area contributed by atoms with Crippen LogP contribution >= 0.6 is 0 Å². The van der Waals surface area contributed by atoms with Crippen LogP contribution < -0.4 is 9.62 Å². The molecule has 0 heterocycles. The predicted molar refractivity (Wildman–Crippen MR) is 171 cm³/mol. The van der Waals surface area contributed by atoms with Crippen LogP contribution in [0, 0.1) is 6.92 Å². The topological polar surface area (TPSA) is 86.8 Å². The summed E-state index contributed by atoms with van der Waals surface area (Å²) in [5.41, 5.74) is 4.71. The van der Waals surface area contributed by atoms with Gasteiger partial charge in [-0.1, -0.05) is 92.6 Å². The van der Waals surface area contributed by atoms with Gasteiger partial charge in [0, 0.05) is 32.5 Å². The lowest BCUT2D eigenvalue weighted by Gasteiger charge is -2.32. The Hall–Kier alpha value is -3.65. The maximum Gasteiger partial charge on any atom is 0.243 e. The molecule has 3 aromatic carbocycles. The number of anilines is 1. The summed E-state index contributed by atoms with van der Waals surface area (Å²) in [6, 6.07) is 24.4. The lowest BCUT2D eigenvalue weighted by molar-refractivity contribution is -0.141. The fourth-order valence-electron chi connectivity index (χ4n) is 4.85. The number of amides is 2. The van der Waals surface area contributed by atoms with Gasteiger partial charge in [-0.05, 0) is 55.0 Å². The fourth-order valence-corrected chi connectivity index (χ4v) is 5.82. The van der Waals surface area contributed by atoms with E-state index in [1.54, 1.807) is 4.90 Å². The average Bonchev–Trinajstić information content (AvgIpc) is 2.98. The van der Waals surface area contributed by atoms with E-state index in [1.807, 2.05) is 92.7 Å². The standard InChI is InChI=1S/C34H45N3O4S/c1-5-7-23-35-34(39)32(25-29-12-9-8-10-13-29)36(26-30-17-15-27(3)16-18-30)33(38)14-11-24-37(42(4,40)41)31-21-19-28(6-2)20-22-31/h8-10,12-13,15-22,32H,5-7,11,14,23-26H2,1-4H3,(H,35,39)/t32-/m1/s1. The van der Waals surface area contributed by atoms with E-state index >= 15 is 0 Å². The van der Waals surface area contributed by atoms with Crippen molar-refractivity contribution in [1.29, 1.82) is 0 Å². The summed E-state index contributed by atoms with van der Waals surface area (Å²) in [4.78, 5) is 29.1. The van der Waals surface area contributed by atoms with Gasteiger partial charge in [0.05, 0.1) is 11.9 Å². The minimum Gasteiger partial charge on any atom is -0.354 e. The number of nitrogens with one attached hydrogen (secondary N) is 1. The molecule has 2 amide bonds. The Kier molecular flexibility index (Phi) is 12.6. The van der Waals surface area contributed by atoms with E-state index < -0.39 is 16.1 Å². The molecule has 8 heteroatoms. The monoisotopic (exact) mass is 591 g/mol. The Balaban J connectivity index is 1.85. The smallest absolute Gasteiger partial charge is 0.243 e. The molecule has 1 atom stereocenters. The molecule has 7 nitrogen and oxygen atoms in total. The van der Waals surface area contributed by atoms with E-state index in [0.29, 0.717) is 25.1 Å². The largest absolute Gasteiger partial charge is 0.354 e. The van der Waals surface area contributed by atoms with Crippen molar-refractivity contribution in [3.63, 3.8) is 0 Å². The fraction of sp³-hybridized carbons (Fsp3) is 0.412.